The van der Waals surface area contributed by atoms with Gasteiger partial charge in [-0.2, -0.15) is 0 Å². The number of alkyl halides is 2. The molecule has 1 aromatic rings. The molecule has 0 spiro atoms. The van der Waals surface area contributed by atoms with Crippen LogP contribution < -0.4 is 5.32 Å². The number of hydrogen-bond acceptors (Lipinski definition) is 2. The molecule has 0 radical (unpaired) electrons. The molecule has 2 rings (SSSR count). The van der Waals surface area contributed by atoms with Crippen LogP contribution in [-0.4, -0.2) is 43.2 Å². The lowest BCUT2D eigenvalue weighted by molar-refractivity contribution is -0.0732. The first-order chi connectivity index (χ1) is 9.04. The number of urea groups is 1. The maximum Gasteiger partial charge on any atom is 0.322 e. The van der Waals surface area contributed by atoms with Gasteiger partial charge in [-0.05, 0) is 24.6 Å². The fourth-order valence-electron chi connectivity index (χ4n) is 1.84. The summed E-state index contributed by atoms with van der Waals surface area (Å²) in [5, 5.41) is 2.75. The highest BCUT2D eigenvalue weighted by Gasteiger charge is 2.31. The molecule has 0 unspecified atom stereocenters. The summed E-state index contributed by atoms with van der Waals surface area (Å²) < 4.78 is 28.8. The number of carbonyl (C=O) groups is 1. The molecule has 0 saturated carbocycles. The third-order valence-corrected chi connectivity index (χ3v) is 2.86. The van der Waals surface area contributed by atoms with Gasteiger partial charge in [0.15, 0.2) is 0 Å². The molecule has 0 aromatic heterocycles. The van der Waals surface area contributed by atoms with E-state index in [0.717, 1.165) is 11.3 Å². The van der Waals surface area contributed by atoms with E-state index < -0.39 is 13.0 Å². The summed E-state index contributed by atoms with van der Waals surface area (Å²) in [6.07, 6.45) is -2.74. The van der Waals surface area contributed by atoms with Gasteiger partial charge in [-0.1, -0.05) is 12.1 Å². The van der Waals surface area contributed by atoms with Gasteiger partial charge in [0.1, 0.15) is 6.61 Å². The first-order valence-electron chi connectivity index (χ1n) is 6.07. The smallest absolute Gasteiger partial charge is 0.322 e. The van der Waals surface area contributed by atoms with Gasteiger partial charge in [0.2, 0.25) is 0 Å². The van der Waals surface area contributed by atoms with Crippen LogP contribution in [0.25, 0.3) is 0 Å². The maximum absolute atomic E-state index is 11.9. The fraction of sp³-hybridized carbons (Fsp3) is 0.462. The quantitative estimate of drug-likeness (QED) is 0.913. The van der Waals surface area contributed by atoms with Gasteiger partial charge in [0.25, 0.3) is 6.43 Å². The van der Waals surface area contributed by atoms with E-state index in [2.05, 4.69) is 5.32 Å². The highest BCUT2D eigenvalue weighted by Crippen LogP contribution is 2.16. The molecule has 0 bridgehead atoms. The van der Waals surface area contributed by atoms with Gasteiger partial charge in [-0.3, -0.25) is 0 Å². The molecule has 104 valence electrons. The Balaban J connectivity index is 1.74. The molecule has 19 heavy (non-hydrogen) atoms. The van der Waals surface area contributed by atoms with Gasteiger partial charge >= 0.3 is 6.03 Å². The number of nitrogens with zero attached hydrogens (tertiary/aromatic N) is 1. The molecule has 1 saturated heterocycles. The molecule has 1 fully saturated rings. The van der Waals surface area contributed by atoms with Crippen molar-refractivity contribution in [1.29, 1.82) is 0 Å². The van der Waals surface area contributed by atoms with E-state index in [1.807, 2.05) is 25.1 Å². The number of rotatable bonds is 4. The molecule has 2 amide bonds. The monoisotopic (exact) mass is 270 g/mol. The number of nitrogens with one attached hydrogen (secondary N) is 1. The van der Waals surface area contributed by atoms with Crippen LogP contribution in [0.3, 0.4) is 0 Å². The molecule has 0 aliphatic carbocycles. The molecule has 0 atom stereocenters. The van der Waals surface area contributed by atoms with Gasteiger partial charge in [0, 0.05) is 5.69 Å². The fourth-order valence-corrected chi connectivity index (χ4v) is 1.84. The summed E-state index contributed by atoms with van der Waals surface area (Å²) in [5.74, 6) is 0. The maximum atomic E-state index is 11.9. The van der Waals surface area contributed by atoms with Crippen LogP contribution in [0.15, 0.2) is 24.3 Å². The summed E-state index contributed by atoms with van der Waals surface area (Å²) in [6, 6.07) is 7.23. The van der Waals surface area contributed by atoms with Gasteiger partial charge in [-0.15, -0.1) is 0 Å². The molecule has 1 aromatic carbocycles. The van der Waals surface area contributed by atoms with Gasteiger partial charge < -0.3 is 15.0 Å². The van der Waals surface area contributed by atoms with Crippen LogP contribution in [0.1, 0.15) is 5.56 Å². The molecule has 1 aliphatic heterocycles. The van der Waals surface area contributed by atoms with Crippen LogP contribution in [-0.2, 0) is 4.74 Å². The van der Waals surface area contributed by atoms with Crippen molar-refractivity contribution in [1.82, 2.24) is 4.90 Å². The number of ether oxygens (including phenoxy) is 1. The normalized spacial score (nSPS) is 15.5. The zero-order valence-electron chi connectivity index (χ0n) is 10.6. The average molecular weight is 270 g/mol. The standard InChI is InChI=1S/C13H16F2N2O2/c1-9-3-2-4-10(5-9)16-13(18)17-6-11(7-17)19-8-12(14)15/h2-5,11-12H,6-8H2,1H3,(H,16,18). The van der Waals surface area contributed by atoms with Crippen molar-refractivity contribution in [2.75, 3.05) is 25.0 Å². The van der Waals surface area contributed by atoms with Crippen LogP contribution in [0.2, 0.25) is 0 Å². The lowest BCUT2D eigenvalue weighted by Gasteiger charge is -2.38. The molecule has 6 heteroatoms. The Hall–Kier alpha value is -1.69. The number of carbonyl (C=O) groups excluding carboxylic acids is 1. The lowest BCUT2D eigenvalue weighted by atomic mass is 10.2. The van der Waals surface area contributed by atoms with E-state index in [1.165, 1.54) is 4.90 Å². The largest absolute Gasteiger partial charge is 0.369 e. The van der Waals surface area contributed by atoms with E-state index in [-0.39, 0.29) is 12.1 Å². The second-order valence-electron chi connectivity index (χ2n) is 4.55. The number of likely N-dealkylation sites (tertiary alicyclic amines) is 1. The highest BCUT2D eigenvalue weighted by atomic mass is 19.3. The number of anilines is 1. The first kappa shape index (κ1) is 13.7. The predicted octanol–water partition coefficient (Wildman–Crippen LogP) is 2.49. The first-order valence-corrected chi connectivity index (χ1v) is 6.07. The van der Waals surface area contributed by atoms with E-state index in [0.29, 0.717) is 13.1 Å². The molecule has 4 nitrogen and oxygen atoms in total. The second kappa shape index (κ2) is 5.97. The summed E-state index contributed by atoms with van der Waals surface area (Å²) >= 11 is 0. The summed E-state index contributed by atoms with van der Waals surface area (Å²) in [5.41, 5.74) is 1.78. The number of hydrogen-bond donors (Lipinski definition) is 1. The zero-order valence-corrected chi connectivity index (χ0v) is 10.6. The Morgan fingerprint density at radius 2 is 2.26 bits per heavy atom. The Morgan fingerprint density at radius 3 is 2.89 bits per heavy atom. The van der Waals surface area contributed by atoms with E-state index in [1.54, 1.807) is 6.07 Å². The Bertz CT molecular complexity index is 448. The molecule has 1 N–H and O–H groups in total. The van der Waals surface area contributed by atoms with Gasteiger partial charge in [0.05, 0.1) is 19.2 Å². The Kier molecular flexibility index (Phi) is 4.31. The Morgan fingerprint density at radius 1 is 1.53 bits per heavy atom. The van der Waals surface area contributed by atoms with Crippen molar-refractivity contribution in [3.63, 3.8) is 0 Å². The highest BCUT2D eigenvalue weighted by molar-refractivity contribution is 5.90. The molecule has 1 aliphatic rings. The van der Waals surface area contributed by atoms with Crippen molar-refractivity contribution in [2.45, 2.75) is 19.5 Å². The SMILES string of the molecule is Cc1cccc(NC(=O)N2CC(OCC(F)F)C2)c1. The van der Waals surface area contributed by atoms with Crippen molar-refractivity contribution in [3.05, 3.63) is 29.8 Å². The topological polar surface area (TPSA) is 41.6 Å². The Labute approximate surface area is 110 Å². The molecule has 1 heterocycles. The van der Waals surface area contributed by atoms with Crippen molar-refractivity contribution >= 4 is 11.7 Å². The second-order valence-corrected chi connectivity index (χ2v) is 4.55. The van der Waals surface area contributed by atoms with E-state index in [4.69, 9.17) is 4.74 Å². The van der Waals surface area contributed by atoms with E-state index >= 15 is 0 Å². The van der Waals surface area contributed by atoms with Crippen LogP contribution in [0, 0.1) is 6.92 Å². The number of halogens is 2. The molecular weight excluding hydrogens is 254 g/mol. The van der Waals surface area contributed by atoms with Gasteiger partial charge in [-0.25, -0.2) is 13.6 Å². The third kappa shape index (κ3) is 3.89. The summed E-state index contributed by atoms with van der Waals surface area (Å²) in [6.45, 7) is 2.07. The minimum Gasteiger partial charge on any atom is -0.369 e. The summed E-state index contributed by atoms with van der Waals surface area (Å²) in [4.78, 5) is 13.3. The van der Waals surface area contributed by atoms with Crippen molar-refractivity contribution < 1.29 is 18.3 Å². The lowest BCUT2D eigenvalue weighted by Crippen LogP contribution is -2.56. The predicted molar refractivity (Wildman–Crippen MR) is 67.5 cm³/mol. The minimum atomic E-state index is -2.46. The van der Waals surface area contributed by atoms with Crippen LogP contribution in [0.4, 0.5) is 19.3 Å². The molecular formula is C13H16F2N2O2. The average Bonchev–Trinajstić information content (AvgIpc) is 2.26. The van der Waals surface area contributed by atoms with Crippen LogP contribution in [0.5, 0.6) is 0 Å². The summed E-state index contributed by atoms with van der Waals surface area (Å²) in [7, 11) is 0. The van der Waals surface area contributed by atoms with Crippen molar-refractivity contribution in [3.8, 4) is 0 Å². The number of amides is 2. The third-order valence-electron chi connectivity index (χ3n) is 2.86. The van der Waals surface area contributed by atoms with E-state index in [9.17, 15) is 13.6 Å². The van der Waals surface area contributed by atoms with Crippen LogP contribution >= 0.6 is 0 Å². The number of aryl methyl sites for hydroxylation is 1. The zero-order chi connectivity index (χ0) is 13.8. The van der Waals surface area contributed by atoms with Crippen molar-refractivity contribution in [2.24, 2.45) is 0 Å². The minimum absolute atomic E-state index is 0.234. The number of benzene rings is 1.